The Labute approximate surface area is 96.7 Å². The summed E-state index contributed by atoms with van der Waals surface area (Å²) in [6, 6.07) is 2.27. The zero-order chi connectivity index (χ0) is 12.0. The molecule has 0 amide bonds. The first-order valence-corrected chi connectivity index (χ1v) is 5.63. The van der Waals surface area contributed by atoms with E-state index in [1.807, 2.05) is 20.8 Å². The average Bonchev–Trinajstić information content (AvgIpc) is 2.72. The van der Waals surface area contributed by atoms with Crippen LogP contribution in [0.15, 0.2) is 10.6 Å². The average molecular weight is 221 g/mol. The first-order valence-electron chi connectivity index (χ1n) is 5.63. The van der Waals surface area contributed by atoms with Gasteiger partial charge < -0.3 is 9.73 Å². The van der Waals surface area contributed by atoms with E-state index < -0.39 is 0 Å². The Balaban J connectivity index is 2.24. The van der Waals surface area contributed by atoms with Gasteiger partial charge in [-0.05, 0) is 26.8 Å². The molecule has 0 atom stereocenters. The Morgan fingerprint density at radius 3 is 2.88 bits per heavy atom. The van der Waals surface area contributed by atoms with E-state index in [-0.39, 0.29) is 5.41 Å². The number of rotatable bonds is 6. The smallest absolute Gasteiger partial charge is 0.208 e. The summed E-state index contributed by atoms with van der Waals surface area (Å²) >= 11 is 0. The number of nitrogens with one attached hydrogen (secondary N) is 1. The van der Waals surface area contributed by atoms with Crippen molar-refractivity contribution in [1.29, 1.82) is 5.26 Å². The highest BCUT2D eigenvalue weighted by Gasteiger charge is 2.15. The largest absolute Gasteiger partial charge is 0.444 e. The predicted octanol–water partition coefficient (Wildman–Crippen LogP) is 2.27. The van der Waals surface area contributed by atoms with E-state index in [1.165, 1.54) is 0 Å². The number of hydrogen-bond donors (Lipinski definition) is 1. The van der Waals surface area contributed by atoms with Gasteiger partial charge in [0.15, 0.2) is 0 Å². The molecule has 0 aliphatic rings. The zero-order valence-corrected chi connectivity index (χ0v) is 10.2. The Bertz CT molecular complexity index is 363. The molecule has 0 bridgehead atoms. The maximum Gasteiger partial charge on any atom is 0.208 e. The van der Waals surface area contributed by atoms with Crippen molar-refractivity contribution in [2.24, 2.45) is 5.41 Å². The molecule has 88 valence electrons. The first kappa shape index (κ1) is 12.7. The Morgan fingerprint density at radius 1 is 1.56 bits per heavy atom. The molecule has 0 unspecified atom stereocenters. The van der Waals surface area contributed by atoms with Crippen LogP contribution in [0.1, 0.15) is 38.8 Å². The maximum atomic E-state index is 8.84. The molecule has 1 aromatic rings. The van der Waals surface area contributed by atoms with Crippen molar-refractivity contribution >= 4 is 0 Å². The van der Waals surface area contributed by atoms with Gasteiger partial charge in [-0.2, -0.15) is 5.26 Å². The van der Waals surface area contributed by atoms with Gasteiger partial charge >= 0.3 is 0 Å². The van der Waals surface area contributed by atoms with Crippen LogP contribution in [-0.2, 0) is 13.0 Å². The van der Waals surface area contributed by atoms with Gasteiger partial charge in [-0.15, -0.1) is 0 Å². The Hall–Kier alpha value is -1.34. The lowest BCUT2D eigenvalue weighted by Crippen LogP contribution is -2.21. The summed E-state index contributed by atoms with van der Waals surface area (Å²) in [5.41, 5.74) is -0.266. The number of nitrogens with zero attached hydrogens (tertiary/aromatic N) is 2. The molecule has 1 N–H and O–H groups in total. The quantitative estimate of drug-likeness (QED) is 0.748. The molecule has 0 radical (unpaired) electrons. The molecule has 1 heterocycles. The van der Waals surface area contributed by atoms with E-state index in [2.05, 4.69) is 16.4 Å². The number of aryl methyl sites for hydroxylation is 1. The molecule has 0 spiro atoms. The molecule has 4 nitrogen and oxygen atoms in total. The predicted molar refractivity (Wildman–Crippen MR) is 61.6 cm³/mol. The van der Waals surface area contributed by atoms with E-state index in [4.69, 9.17) is 9.68 Å². The van der Waals surface area contributed by atoms with Crippen LogP contribution in [0.25, 0.3) is 0 Å². The zero-order valence-electron chi connectivity index (χ0n) is 10.2. The highest BCUT2D eigenvalue weighted by Crippen LogP contribution is 2.17. The van der Waals surface area contributed by atoms with Crippen LogP contribution in [-0.4, -0.2) is 11.5 Å². The van der Waals surface area contributed by atoms with Gasteiger partial charge in [0.05, 0.1) is 24.2 Å². The lowest BCUT2D eigenvalue weighted by Gasteiger charge is -2.14. The summed E-state index contributed by atoms with van der Waals surface area (Å²) in [6.07, 6.45) is 3.45. The molecule has 0 aromatic carbocycles. The molecule has 16 heavy (non-hydrogen) atoms. The fourth-order valence-electron chi connectivity index (χ4n) is 1.25. The van der Waals surface area contributed by atoms with Crippen LogP contribution in [0.4, 0.5) is 0 Å². The normalized spacial score (nSPS) is 11.4. The molecule has 0 fully saturated rings. The molecule has 0 aliphatic heterocycles. The monoisotopic (exact) mass is 221 g/mol. The van der Waals surface area contributed by atoms with E-state index in [0.29, 0.717) is 12.4 Å². The summed E-state index contributed by atoms with van der Waals surface area (Å²) in [6.45, 7) is 7.34. The van der Waals surface area contributed by atoms with Crippen molar-refractivity contribution in [3.05, 3.63) is 17.8 Å². The second-order valence-corrected chi connectivity index (χ2v) is 4.50. The highest BCUT2D eigenvalue weighted by molar-refractivity contribution is 4.94. The topological polar surface area (TPSA) is 61.9 Å². The minimum atomic E-state index is -0.266. The Kier molecular flexibility index (Phi) is 4.51. The van der Waals surface area contributed by atoms with Crippen molar-refractivity contribution in [3.63, 3.8) is 0 Å². The van der Waals surface area contributed by atoms with Crippen LogP contribution in [0.2, 0.25) is 0 Å². The van der Waals surface area contributed by atoms with Crippen molar-refractivity contribution in [3.8, 4) is 6.07 Å². The van der Waals surface area contributed by atoms with Crippen LogP contribution >= 0.6 is 0 Å². The molecule has 0 saturated heterocycles. The Morgan fingerprint density at radius 2 is 2.31 bits per heavy atom. The van der Waals surface area contributed by atoms with E-state index in [0.717, 1.165) is 25.1 Å². The van der Waals surface area contributed by atoms with Crippen LogP contribution in [0, 0.1) is 16.7 Å². The summed E-state index contributed by atoms with van der Waals surface area (Å²) in [4.78, 5) is 4.15. The van der Waals surface area contributed by atoms with E-state index in [9.17, 15) is 0 Å². The molecular weight excluding hydrogens is 202 g/mol. The van der Waals surface area contributed by atoms with Gasteiger partial charge in [-0.1, -0.05) is 6.92 Å². The number of nitriles is 1. The summed E-state index contributed by atoms with van der Waals surface area (Å²) < 4.78 is 5.45. The third-order valence-corrected chi connectivity index (χ3v) is 2.46. The van der Waals surface area contributed by atoms with Gasteiger partial charge in [-0.25, -0.2) is 4.98 Å². The fraction of sp³-hybridized carbons (Fsp3) is 0.667. The number of oxazole rings is 1. The maximum absolute atomic E-state index is 8.84. The minimum Gasteiger partial charge on any atom is -0.444 e. The van der Waals surface area contributed by atoms with Crippen LogP contribution in [0.3, 0.4) is 0 Å². The summed E-state index contributed by atoms with van der Waals surface area (Å²) in [7, 11) is 0. The molecule has 1 rings (SSSR count). The SMILES string of the molecule is CCc1cnc(CNCCC(C)(C)C#N)o1. The van der Waals surface area contributed by atoms with Crippen LogP contribution in [0.5, 0.6) is 0 Å². The molecule has 1 aromatic heterocycles. The second kappa shape index (κ2) is 5.66. The highest BCUT2D eigenvalue weighted by atomic mass is 16.4. The number of hydrogen-bond acceptors (Lipinski definition) is 4. The molecule has 0 saturated carbocycles. The molecular formula is C12H19N3O. The van der Waals surface area contributed by atoms with Crippen molar-refractivity contribution < 1.29 is 4.42 Å². The summed E-state index contributed by atoms with van der Waals surface area (Å²) in [5.74, 6) is 1.63. The van der Waals surface area contributed by atoms with Gasteiger partial charge in [0.2, 0.25) is 5.89 Å². The fourth-order valence-corrected chi connectivity index (χ4v) is 1.25. The van der Waals surface area contributed by atoms with Gasteiger partial charge in [0.25, 0.3) is 0 Å². The lowest BCUT2D eigenvalue weighted by atomic mass is 9.92. The van der Waals surface area contributed by atoms with Crippen molar-refractivity contribution in [2.45, 2.75) is 40.2 Å². The number of aromatic nitrogens is 1. The third kappa shape index (κ3) is 4.03. The van der Waals surface area contributed by atoms with Crippen LogP contribution < -0.4 is 5.32 Å². The van der Waals surface area contributed by atoms with Crippen molar-refractivity contribution in [1.82, 2.24) is 10.3 Å². The molecule has 0 aliphatic carbocycles. The first-order chi connectivity index (χ1) is 7.57. The van der Waals surface area contributed by atoms with Gasteiger partial charge in [-0.3, -0.25) is 0 Å². The third-order valence-electron chi connectivity index (χ3n) is 2.46. The van der Waals surface area contributed by atoms with E-state index in [1.54, 1.807) is 6.20 Å². The van der Waals surface area contributed by atoms with E-state index >= 15 is 0 Å². The minimum absolute atomic E-state index is 0.266. The second-order valence-electron chi connectivity index (χ2n) is 4.50. The molecule has 4 heteroatoms. The van der Waals surface area contributed by atoms with Gasteiger partial charge in [0, 0.05) is 6.42 Å². The lowest BCUT2D eigenvalue weighted by molar-refractivity contribution is 0.404. The summed E-state index contributed by atoms with van der Waals surface area (Å²) in [5, 5.41) is 12.1. The standard InChI is InChI=1S/C12H19N3O/c1-4-10-7-15-11(16-10)8-14-6-5-12(2,3)9-13/h7,14H,4-6,8H2,1-3H3. The van der Waals surface area contributed by atoms with Gasteiger partial charge in [0.1, 0.15) is 5.76 Å². The van der Waals surface area contributed by atoms with Crippen molar-refractivity contribution in [2.75, 3.05) is 6.54 Å².